The fourth-order valence-electron chi connectivity index (χ4n) is 1.61. The second-order valence-corrected chi connectivity index (χ2v) is 3.04. The molecule has 0 unspecified atom stereocenters. The first kappa shape index (κ1) is 7.80. The van der Waals surface area contributed by atoms with Gasteiger partial charge in [-0.05, 0) is 19.8 Å². The SMILES string of the molecule is C/C=C\[C@@H]1CCCC[C@H]1O. The Labute approximate surface area is 62.8 Å². The van der Waals surface area contributed by atoms with Crippen LogP contribution >= 0.6 is 0 Å². The molecule has 1 aliphatic carbocycles. The molecule has 1 rings (SSSR count). The molecular weight excluding hydrogens is 124 g/mol. The van der Waals surface area contributed by atoms with E-state index in [2.05, 4.69) is 6.08 Å². The summed E-state index contributed by atoms with van der Waals surface area (Å²) in [6, 6.07) is 0. The molecule has 0 aromatic heterocycles. The summed E-state index contributed by atoms with van der Waals surface area (Å²) in [5.41, 5.74) is 0. The Bertz CT molecular complexity index is 118. The molecule has 1 nitrogen and oxygen atoms in total. The molecule has 0 bridgehead atoms. The molecular formula is C9H16O. The highest BCUT2D eigenvalue weighted by Crippen LogP contribution is 2.24. The summed E-state index contributed by atoms with van der Waals surface area (Å²) in [5, 5.41) is 9.45. The minimum Gasteiger partial charge on any atom is -0.393 e. The predicted octanol–water partition coefficient (Wildman–Crippen LogP) is 2.11. The van der Waals surface area contributed by atoms with E-state index in [9.17, 15) is 5.11 Å². The lowest BCUT2D eigenvalue weighted by Crippen LogP contribution is -2.22. The van der Waals surface area contributed by atoms with Crippen LogP contribution < -0.4 is 0 Å². The third-order valence-corrected chi connectivity index (χ3v) is 2.22. The van der Waals surface area contributed by atoms with E-state index in [-0.39, 0.29) is 6.10 Å². The Balaban J connectivity index is 2.39. The second kappa shape index (κ2) is 3.77. The monoisotopic (exact) mass is 140 g/mol. The highest BCUT2D eigenvalue weighted by Gasteiger charge is 2.19. The average Bonchev–Trinajstić information content (AvgIpc) is 1.94. The fourth-order valence-corrected chi connectivity index (χ4v) is 1.61. The highest BCUT2D eigenvalue weighted by atomic mass is 16.3. The first-order chi connectivity index (χ1) is 4.84. The molecule has 0 amide bonds. The lowest BCUT2D eigenvalue weighted by Gasteiger charge is -2.24. The Morgan fingerprint density at radius 1 is 1.30 bits per heavy atom. The summed E-state index contributed by atoms with van der Waals surface area (Å²) in [5.74, 6) is 0.443. The third kappa shape index (κ3) is 1.84. The molecule has 1 saturated carbocycles. The number of hydrogen-bond acceptors (Lipinski definition) is 1. The van der Waals surface area contributed by atoms with E-state index in [4.69, 9.17) is 0 Å². The van der Waals surface area contributed by atoms with Crippen molar-refractivity contribution >= 4 is 0 Å². The molecule has 0 heterocycles. The van der Waals surface area contributed by atoms with Gasteiger partial charge in [0.1, 0.15) is 0 Å². The molecule has 2 atom stereocenters. The topological polar surface area (TPSA) is 20.2 Å². The van der Waals surface area contributed by atoms with Gasteiger partial charge in [0.25, 0.3) is 0 Å². The number of aliphatic hydroxyl groups excluding tert-OH is 1. The number of rotatable bonds is 1. The molecule has 0 aliphatic heterocycles. The summed E-state index contributed by atoms with van der Waals surface area (Å²) in [6.45, 7) is 2.02. The van der Waals surface area contributed by atoms with Gasteiger partial charge in [-0.1, -0.05) is 25.0 Å². The summed E-state index contributed by atoms with van der Waals surface area (Å²) in [6.07, 6.45) is 8.76. The van der Waals surface area contributed by atoms with E-state index < -0.39 is 0 Å². The summed E-state index contributed by atoms with van der Waals surface area (Å²) in [7, 11) is 0. The van der Waals surface area contributed by atoms with E-state index in [1.54, 1.807) is 0 Å². The molecule has 10 heavy (non-hydrogen) atoms. The molecule has 0 aromatic rings. The minimum atomic E-state index is -0.0649. The van der Waals surface area contributed by atoms with Gasteiger partial charge in [0, 0.05) is 5.92 Å². The van der Waals surface area contributed by atoms with Crippen LogP contribution in [0.3, 0.4) is 0 Å². The molecule has 0 saturated heterocycles. The molecule has 1 fully saturated rings. The van der Waals surface area contributed by atoms with Crippen molar-refractivity contribution in [1.29, 1.82) is 0 Å². The van der Waals surface area contributed by atoms with Crippen LogP contribution in [-0.4, -0.2) is 11.2 Å². The van der Waals surface area contributed by atoms with Crippen molar-refractivity contribution in [2.75, 3.05) is 0 Å². The zero-order valence-corrected chi connectivity index (χ0v) is 6.59. The molecule has 1 N–H and O–H groups in total. The van der Waals surface area contributed by atoms with Gasteiger partial charge in [0.05, 0.1) is 6.10 Å². The van der Waals surface area contributed by atoms with Crippen molar-refractivity contribution in [2.45, 2.75) is 38.7 Å². The van der Waals surface area contributed by atoms with Crippen LogP contribution in [0.4, 0.5) is 0 Å². The summed E-state index contributed by atoms with van der Waals surface area (Å²) < 4.78 is 0. The maximum absolute atomic E-state index is 9.45. The number of hydrogen-bond donors (Lipinski definition) is 1. The number of aliphatic hydroxyl groups is 1. The molecule has 0 radical (unpaired) electrons. The Kier molecular flexibility index (Phi) is 2.94. The highest BCUT2D eigenvalue weighted by molar-refractivity contribution is 4.91. The zero-order chi connectivity index (χ0) is 7.40. The van der Waals surface area contributed by atoms with E-state index in [0.29, 0.717) is 5.92 Å². The van der Waals surface area contributed by atoms with Gasteiger partial charge in [-0.3, -0.25) is 0 Å². The van der Waals surface area contributed by atoms with Gasteiger partial charge in [0.15, 0.2) is 0 Å². The van der Waals surface area contributed by atoms with Crippen LogP contribution in [0.15, 0.2) is 12.2 Å². The first-order valence-electron chi connectivity index (χ1n) is 4.15. The predicted molar refractivity (Wildman–Crippen MR) is 42.8 cm³/mol. The third-order valence-electron chi connectivity index (χ3n) is 2.22. The van der Waals surface area contributed by atoms with E-state index >= 15 is 0 Å². The lowest BCUT2D eigenvalue weighted by molar-refractivity contribution is 0.0927. The van der Waals surface area contributed by atoms with Gasteiger partial charge < -0.3 is 5.11 Å². The van der Waals surface area contributed by atoms with Gasteiger partial charge in [-0.15, -0.1) is 0 Å². The van der Waals surface area contributed by atoms with Crippen LogP contribution in [-0.2, 0) is 0 Å². The van der Waals surface area contributed by atoms with Crippen LogP contribution in [0, 0.1) is 5.92 Å². The standard InChI is InChI=1S/C9H16O/c1-2-5-8-6-3-4-7-9(8)10/h2,5,8-10H,3-4,6-7H2,1H3/b5-2-/t8-,9-/m1/s1. The van der Waals surface area contributed by atoms with Gasteiger partial charge >= 0.3 is 0 Å². The fraction of sp³-hybridized carbons (Fsp3) is 0.778. The average molecular weight is 140 g/mol. The van der Waals surface area contributed by atoms with Gasteiger partial charge in [-0.2, -0.15) is 0 Å². The number of allylic oxidation sites excluding steroid dienone is 1. The van der Waals surface area contributed by atoms with Crippen LogP contribution in [0.25, 0.3) is 0 Å². The van der Waals surface area contributed by atoms with E-state index in [0.717, 1.165) is 6.42 Å². The van der Waals surface area contributed by atoms with Crippen molar-refractivity contribution in [1.82, 2.24) is 0 Å². The van der Waals surface area contributed by atoms with Crippen molar-refractivity contribution in [3.8, 4) is 0 Å². The van der Waals surface area contributed by atoms with Crippen molar-refractivity contribution < 1.29 is 5.11 Å². The molecule has 0 aromatic carbocycles. The summed E-state index contributed by atoms with van der Waals surface area (Å²) in [4.78, 5) is 0. The minimum absolute atomic E-state index is 0.0649. The lowest BCUT2D eigenvalue weighted by atomic mass is 9.86. The second-order valence-electron chi connectivity index (χ2n) is 3.04. The summed E-state index contributed by atoms with van der Waals surface area (Å²) >= 11 is 0. The van der Waals surface area contributed by atoms with Gasteiger partial charge in [0.2, 0.25) is 0 Å². The van der Waals surface area contributed by atoms with Crippen molar-refractivity contribution in [3.05, 3.63) is 12.2 Å². The Hall–Kier alpha value is -0.300. The molecule has 0 spiro atoms. The zero-order valence-electron chi connectivity index (χ0n) is 6.59. The quantitative estimate of drug-likeness (QED) is 0.553. The largest absolute Gasteiger partial charge is 0.393 e. The molecule has 1 heteroatoms. The first-order valence-corrected chi connectivity index (χ1v) is 4.15. The van der Waals surface area contributed by atoms with Crippen LogP contribution in [0.2, 0.25) is 0 Å². The Morgan fingerprint density at radius 3 is 2.60 bits per heavy atom. The van der Waals surface area contributed by atoms with Crippen molar-refractivity contribution in [3.63, 3.8) is 0 Å². The van der Waals surface area contributed by atoms with Crippen LogP contribution in [0.5, 0.6) is 0 Å². The van der Waals surface area contributed by atoms with Crippen LogP contribution in [0.1, 0.15) is 32.6 Å². The van der Waals surface area contributed by atoms with Gasteiger partial charge in [-0.25, -0.2) is 0 Å². The Morgan fingerprint density at radius 2 is 2.00 bits per heavy atom. The van der Waals surface area contributed by atoms with Crippen molar-refractivity contribution in [2.24, 2.45) is 5.92 Å². The maximum atomic E-state index is 9.45. The maximum Gasteiger partial charge on any atom is 0.0602 e. The molecule has 58 valence electrons. The van der Waals surface area contributed by atoms with E-state index in [1.165, 1.54) is 19.3 Å². The normalized spacial score (nSPS) is 35.0. The van der Waals surface area contributed by atoms with E-state index in [1.807, 2.05) is 13.0 Å². The molecule has 1 aliphatic rings. The smallest absolute Gasteiger partial charge is 0.0602 e.